The predicted molar refractivity (Wildman–Crippen MR) is 182 cm³/mol. The number of benzene rings is 3. The number of aromatic nitrogens is 1. The Labute approximate surface area is 279 Å². The number of hydrogen-bond donors (Lipinski definition) is 1. The van der Waals surface area contributed by atoms with Crippen molar-refractivity contribution in [1.82, 2.24) is 14.8 Å². The Morgan fingerprint density at radius 3 is 2.40 bits per heavy atom. The summed E-state index contributed by atoms with van der Waals surface area (Å²) in [5.41, 5.74) is 4.09. The number of hydrogen-bond acceptors (Lipinski definition) is 7. The summed E-state index contributed by atoms with van der Waals surface area (Å²) in [6, 6.07) is 24.9. The van der Waals surface area contributed by atoms with Gasteiger partial charge in [0.25, 0.3) is 0 Å². The molecule has 4 aromatic rings. The van der Waals surface area contributed by atoms with Gasteiger partial charge in [0.1, 0.15) is 12.4 Å². The van der Waals surface area contributed by atoms with E-state index in [1.807, 2.05) is 41.3 Å². The van der Waals surface area contributed by atoms with Crippen LogP contribution < -0.4 is 14.2 Å². The van der Waals surface area contributed by atoms with Crippen LogP contribution in [0.1, 0.15) is 22.3 Å². The maximum atomic E-state index is 12.9. The van der Waals surface area contributed by atoms with Crippen molar-refractivity contribution >= 4 is 40.6 Å². The van der Waals surface area contributed by atoms with E-state index < -0.39 is 0 Å². The fourth-order valence-electron chi connectivity index (χ4n) is 4.87. The number of aliphatic hydroxyl groups is 1. The number of nitrogens with zero attached hydrogens (tertiary/aromatic N) is 3. The fourth-order valence-corrected chi connectivity index (χ4v) is 5.06. The molecule has 0 atom stereocenters. The van der Waals surface area contributed by atoms with Crippen molar-refractivity contribution in [3.8, 4) is 23.1 Å². The molecule has 3 aromatic carbocycles. The zero-order chi connectivity index (χ0) is 30.7. The number of carbonyl (C=O) groups is 1. The van der Waals surface area contributed by atoms with Crippen LogP contribution in [0.5, 0.6) is 23.1 Å². The molecule has 0 saturated carbocycles. The van der Waals surface area contributed by atoms with Crippen LogP contribution in [-0.2, 0) is 24.4 Å². The lowest BCUT2D eigenvalue weighted by atomic mass is 10.1. The molecule has 1 aliphatic rings. The summed E-state index contributed by atoms with van der Waals surface area (Å²) in [6.45, 7) is 4.35. The molecule has 1 fully saturated rings. The lowest BCUT2D eigenvalue weighted by Gasteiger charge is -2.34. The second-order valence-electron chi connectivity index (χ2n) is 10.4. The maximum Gasteiger partial charge on any atom is 0.246 e. The smallest absolute Gasteiger partial charge is 0.246 e. The summed E-state index contributed by atoms with van der Waals surface area (Å²) < 4.78 is 17.3. The van der Waals surface area contributed by atoms with Crippen LogP contribution in [0.4, 0.5) is 0 Å². The van der Waals surface area contributed by atoms with Crippen LogP contribution >= 0.6 is 28.6 Å². The molecule has 0 spiro atoms. The molecule has 0 bridgehead atoms. The first-order valence-electron chi connectivity index (χ1n) is 14.6. The minimum atomic E-state index is -0.0154. The topological polar surface area (TPSA) is 84.4 Å². The Morgan fingerprint density at radius 2 is 1.71 bits per heavy atom. The molecule has 5 rings (SSSR count). The molecule has 45 heavy (non-hydrogen) atoms. The third kappa shape index (κ3) is 9.80. The van der Waals surface area contributed by atoms with Crippen LogP contribution in [0.2, 0.25) is 5.02 Å². The lowest BCUT2D eigenvalue weighted by Crippen LogP contribution is -2.47. The van der Waals surface area contributed by atoms with Crippen molar-refractivity contribution in [3.05, 3.63) is 118 Å². The van der Waals surface area contributed by atoms with Gasteiger partial charge in [-0.05, 0) is 53.5 Å². The van der Waals surface area contributed by atoms with Gasteiger partial charge < -0.3 is 24.2 Å². The van der Waals surface area contributed by atoms with E-state index in [1.54, 1.807) is 43.7 Å². The van der Waals surface area contributed by atoms with Gasteiger partial charge in [0.15, 0.2) is 11.5 Å². The molecular formula is C35H37BrClN3O5. The first-order chi connectivity index (χ1) is 21.5. The Balaban J connectivity index is 0.00000461. The van der Waals surface area contributed by atoms with Gasteiger partial charge in [-0.3, -0.25) is 9.69 Å². The molecule has 10 heteroatoms. The molecule has 1 aliphatic heterocycles. The SMILES string of the molecule is Br.COc1cc(C=CC(=O)N2CCN(Cc3ccc(CCO)cc3)CC2)ccc1Oc1ccc(OCc2ccccc2Cl)cn1. The van der Waals surface area contributed by atoms with Crippen molar-refractivity contribution in [3.63, 3.8) is 0 Å². The summed E-state index contributed by atoms with van der Waals surface area (Å²) >= 11 is 6.20. The monoisotopic (exact) mass is 693 g/mol. The first kappa shape index (κ1) is 34.0. The van der Waals surface area contributed by atoms with E-state index in [4.69, 9.17) is 30.9 Å². The Morgan fingerprint density at radius 1 is 0.956 bits per heavy atom. The molecule has 0 unspecified atom stereocenters. The van der Waals surface area contributed by atoms with Crippen molar-refractivity contribution in [1.29, 1.82) is 0 Å². The van der Waals surface area contributed by atoms with E-state index in [2.05, 4.69) is 34.1 Å². The summed E-state index contributed by atoms with van der Waals surface area (Å²) in [7, 11) is 1.57. The van der Waals surface area contributed by atoms with E-state index in [0.717, 1.165) is 36.3 Å². The summed E-state index contributed by atoms with van der Waals surface area (Å²) in [5, 5.41) is 9.75. The number of aliphatic hydroxyl groups excluding tert-OH is 1. The zero-order valence-corrected chi connectivity index (χ0v) is 27.6. The van der Waals surface area contributed by atoms with Crippen molar-refractivity contribution < 1.29 is 24.1 Å². The van der Waals surface area contributed by atoms with Gasteiger partial charge in [0.05, 0.1) is 13.3 Å². The maximum absolute atomic E-state index is 12.9. The molecule has 0 aliphatic carbocycles. The van der Waals surface area contributed by atoms with E-state index in [0.29, 0.717) is 54.3 Å². The Hall–Kier alpha value is -3.89. The van der Waals surface area contributed by atoms with Crippen LogP contribution in [0.25, 0.3) is 6.08 Å². The standard InChI is InChI=1S/C35H36ClN3O5.BrH/c1-42-33-22-27(10-13-32(33)44-34-14-12-30(23-37-34)43-25-29-4-2-3-5-31(29)36)11-15-35(41)39-19-17-38(18-20-39)24-28-8-6-26(7-9-28)16-21-40;/h2-15,22-23,40H,16-21,24-25H2,1H3;1H. The highest BCUT2D eigenvalue weighted by Gasteiger charge is 2.19. The van der Waals surface area contributed by atoms with Crippen molar-refractivity contribution in [2.45, 2.75) is 19.6 Å². The van der Waals surface area contributed by atoms with Crippen molar-refractivity contribution in [2.75, 3.05) is 39.9 Å². The van der Waals surface area contributed by atoms with E-state index >= 15 is 0 Å². The Kier molecular flexibility index (Phi) is 12.8. The van der Waals surface area contributed by atoms with Gasteiger partial charge in [0, 0.05) is 62.1 Å². The zero-order valence-electron chi connectivity index (χ0n) is 25.1. The fraction of sp³-hybridized carbons (Fsp3) is 0.257. The third-order valence-corrected chi connectivity index (χ3v) is 7.76. The molecule has 0 radical (unpaired) electrons. The number of methoxy groups -OCH3 is 1. The highest BCUT2D eigenvalue weighted by Crippen LogP contribution is 2.32. The van der Waals surface area contributed by atoms with Crippen molar-refractivity contribution in [2.24, 2.45) is 0 Å². The molecule has 2 heterocycles. The minimum absolute atomic E-state index is 0. The number of halogens is 2. The predicted octanol–water partition coefficient (Wildman–Crippen LogP) is 6.59. The highest BCUT2D eigenvalue weighted by atomic mass is 79.9. The average molecular weight is 695 g/mol. The molecule has 236 valence electrons. The molecule has 1 saturated heterocycles. The first-order valence-corrected chi connectivity index (χ1v) is 14.9. The van der Waals surface area contributed by atoms with E-state index in [-0.39, 0.29) is 29.5 Å². The largest absolute Gasteiger partial charge is 0.493 e. The second-order valence-corrected chi connectivity index (χ2v) is 10.9. The Bertz CT molecular complexity index is 1560. The third-order valence-electron chi connectivity index (χ3n) is 7.40. The molecule has 1 N–H and O–H groups in total. The normalized spacial score (nSPS) is 13.4. The van der Waals surface area contributed by atoms with Gasteiger partial charge in [-0.25, -0.2) is 4.98 Å². The number of amides is 1. The second kappa shape index (κ2) is 17.0. The summed E-state index contributed by atoms with van der Waals surface area (Å²) in [5.74, 6) is 2.01. The number of ether oxygens (including phenoxy) is 3. The number of piperazine rings is 1. The molecular weight excluding hydrogens is 658 g/mol. The average Bonchev–Trinajstić information content (AvgIpc) is 3.06. The van der Waals surface area contributed by atoms with Crippen LogP contribution in [0.3, 0.4) is 0 Å². The quantitative estimate of drug-likeness (QED) is 0.168. The van der Waals surface area contributed by atoms with Crippen LogP contribution in [0, 0.1) is 0 Å². The van der Waals surface area contributed by atoms with Crippen LogP contribution in [0.15, 0.2) is 91.1 Å². The summed E-state index contributed by atoms with van der Waals surface area (Å²) in [6.07, 6.45) is 5.67. The van der Waals surface area contributed by atoms with Gasteiger partial charge in [0.2, 0.25) is 11.8 Å². The van der Waals surface area contributed by atoms with Gasteiger partial charge >= 0.3 is 0 Å². The van der Waals surface area contributed by atoms with Gasteiger partial charge in [-0.15, -0.1) is 17.0 Å². The molecule has 1 amide bonds. The number of pyridine rings is 1. The van der Waals surface area contributed by atoms with E-state index in [1.165, 1.54) is 5.56 Å². The number of rotatable bonds is 12. The number of carbonyl (C=O) groups excluding carboxylic acids is 1. The summed E-state index contributed by atoms with van der Waals surface area (Å²) in [4.78, 5) is 21.5. The molecule has 1 aromatic heterocycles. The van der Waals surface area contributed by atoms with Gasteiger partial charge in [-0.2, -0.15) is 0 Å². The van der Waals surface area contributed by atoms with Crippen LogP contribution in [-0.4, -0.2) is 65.7 Å². The molecule has 8 nitrogen and oxygen atoms in total. The van der Waals surface area contributed by atoms with E-state index in [9.17, 15) is 4.79 Å². The minimum Gasteiger partial charge on any atom is -0.493 e. The highest BCUT2D eigenvalue weighted by molar-refractivity contribution is 8.93. The van der Waals surface area contributed by atoms with Gasteiger partial charge in [-0.1, -0.05) is 60.1 Å². The lowest BCUT2D eigenvalue weighted by molar-refractivity contribution is -0.127.